The number of fused-ring (bicyclic) bond motifs is 9. The molecular formula is C48H53F3O6S2Si2. The Morgan fingerprint density at radius 2 is 0.902 bits per heavy atom. The molecule has 6 rings (SSSR count). The van der Waals surface area contributed by atoms with E-state index in [0.29, 0.717) is 91.0 Å². The molecule has 0 unspecified atom stereocenters. The lowest BCUT2D eigenvalue weighted by molar-refractivity contribution is -0.189. The highest BCUT2D eigenvalue weighted by atomic mass is 32.1. The van der Waals surface area contributed by atoms with Gasteiger partial charge >= 0.3 is 18.1 Å². The van der Waals surface area contributed by atoms with Crippen molar-refractivity contribution in [2.45, 2.75) is 143 Å². The molecule has 0 radical (unpaired) electrons. The van der Waals surface area contributed by atoms with Crippen LogP contribution in [-0.2, 0) is 9.59 Å². The Kier molecular flexibility index (Phi) is 12.2. The van der Waals surface area contributed by atoms with Crippen LogP contribution in [0.25, 0.3) is 52.5 Å². The number of hydrogen-bond acceptors (Lipinski definition) is 8. The first kappa shape index (κ1) is 46.2. The number of carbonyl (C=O) groups excluding carboxylic acids is 2. The molecule has 0 atom stereocenters. The number of thiophene rings is 2. The van der Waals surface area contributed by atoms with Gasteiger partial charge in [-0.1, -0.05) is 118 Å². The molecule has 0 saturated carbocycles. The van der Waals surface area contributed by atoms with Crippen LogP contribution in [0.5, 0.6) is 10.1 Å². The largest absolute Gasteiger partial charge is 0.491 e. The van der Waals surface area contributed by atoms with Gasteiger partial charge in [0.25, 0.3) is 0 Å². The van der Waals surface area contributed by atoms with Crippen LogP contribution in [0.15, 0.2) is 21.7 Å². The van der Waals surface area contributed by atoms with E-state index in [1.54, 1.807) is 6.07 Å². The average Bonchev–Trinajstić information content (AvgIpc) is 3.86. The van der Waals surface area contributed by atoms with E-state index in [4.69, 9.17) is 9.47 Å². The number of halogens is 3. The van der Waals surface area contributed by atoms with Crippen LogP contribution in [0.3, 0.4) is 0 Å². The number of alkyl halides is 3. The summed E-state index contributed by atoms with van der Waals surface area (Å²) in [5.41, 5.74) is 11.0. The summed E-state index contributed by atoms with van der Waals surface area (Å²) < 4.78 is 51.5. The van der Waals surface area contributed by atoms with Crippen molar-refractivity contribution < 1.29 is 32.2 Å². The zero-order valence-electron chi connectivity index (χ0n) is 37.5. The number of aryl methyl sites for hydroxylation is 2. The van der Waals surface area contributed by atoms with E-state index in [9.17, 15) is 32.3 Å². The van der Waals surface area contributed by atoms with Crippen molar-refractivity contribution in [1.29, 1.82) is 0 Å². The standard InChI is InChI=1S/C48H53F3O6S2Si2/c1-22(2)60(23(3)4,24(5)6)18-16-31-28(13)38-37(41-39(31)45-33(43(41)53)20-35(58-45)56-30(15)52)29(14)32(17-19-61(25(7)8,26(9)10)27(11)12)40-42(38)44(54)34-21-36(59-46(34)40)57-47(55)48(49,50)51/h20-27H,1-15H3. The Balaban J connectivity index is 1.92. The number of hydrogen-bond donors (Lipinski definition) is 0. The summed E-state index contributed by atoms with van der Waals surface area (Å²) in [6.07, 6.45) is -5.23. The van der Waals surface area contributed by atoms with Crippen molar-refractivity contribution in [2.75, 3.05) is 0 Å². The molecule has 0 aliphatic carbocycles. The van der Waals surface area contributed by atoms with E-state index in [2.05, 4.69) is 106 Å². The van der Waals surface area contributed by atoms with Gasteiger partial charge in [-0.15, -0.1) is 11.1 Å². The maximum atomic E-state index is 15.0. The average molecular weight is 903 g/mol. The minimum Gasteiger partial charge on any atom is -0.416 e. The summed E-state index contributed by atoms with van der Waals surface area (Å²) in [6, 6.07) is 2.80. The van der Waals surface area contributed by atoms with Crippen molar-refractivity contribution in [3.05, 3.63) is 54.8 Å². The highest BCUT2D eigenvalue weighted by molar-refractivity contribution is 7.22. The molecule has 0 spiro atoms. The van der Waals surface area contributed by atoms with E-state index >= 15 is 0 Å². The van der Waals surface area contributed by atoms with Gasteiger partial charge in [-0.3, -0.25) is 14.4 Å². The third kappa shape index (κ3) is 7.17. The van der Waals surface area contributed by atoms with E-state index in [0.717, 1.165) is 11.3 Å². The first-order chi connectivity index (χ1) is 28.2. The predicted molar refractivity (Wildman–Crippen MR) is 253 cm³/mol. The molecule has 0 saturated heterocycles. The van der Waals surface area contributed by atoms with Crippen LogP contribution in [0, 0.1) is 36.8 Å². The zero-order valence-corrected chi connectivity index (χ0v) is 41.2. The number of esters is 2. The van der Waals surface area contributed by atoms with Gasteiger partial charge in [-0.05, 0) is 69.0 Å². The van der Waals surface area contributed by atoms with Crippen molar-refractivity contribution in [1.82, 2.24) is 0 Å². The van der Waals surface area contributed by atoms with Crippen LogP contribution < -0.4 is 20.3 Å². The fourth-order valence-electron chi connectivity index (χ4n) is 10.7. The maximum Gasteiger partial charge on any atom is 0.491 e. The van der Waals surface area contributed by atoms with Crippen molar-refractivity contribution in [3.8, 4) is 33.1 Å². The fraction of sp³-hybridized carbons (Fsp3) is 0.458. The van der Waals surface area contributed by atoms with Crippen LogP contribution in [-0.4, -0.2) is 34.3 Å². The number of rotatable bonds is 8. The number of carbonyl (C=O) groups is 2. The Hall–Kier alpha value is -4.28. The molecule has 6 nitrogen and oxygen atoms in total. The predicted octanol–water partition coefficient (Wildman–Crippen LogP) is 13.3. The Bertz CT molecular complexity index is 2980. The van der Waals surface area contributed by atoms with Gasteiger partial charge in [0, 0.05) is 62.5 Å². The third-order valence-electron chi connectivity index (χ3n) is 13.3. The molecule has 13 heteroatoms. The van der Waals surface area contributed by atoms with Gasteiger partial charge < -0.3 is 9.47 Å². The Morgan fingerprint density at radius 3 is 1.20 bits per heavy atom. The van der Waals surface area contributed by atoms with Crippen LogP contribution in [0.2, 0.25) is 33.2 Å². The molecule has 61 heavy (non-hydrogen) atoms. The zero-order chi connectivity index (χ0) is 45.6. The van der Waals surface area contributed by atoms with E-state index in [1.807, 2.05) is 13.8 Å². The van der Waals surface area contributed by atoms with E-state index in [-0.39, 0.29) is 32.5 Å². The fourth-order valence-corrected chi connectivity index (χ4v) is 23.2. The molecule has 0 aliphatic heterocycles. The molecule has 4 aromatic carbocycles. The summed E-state index contributed by atoms with van der Waals surface area (Å²) in [7, 11) is -4.77. The van der Waals surface area contributed by atoms with Crippen LogP contribution in [0.1, 0.15) is 112 Å². The van der Waals surface area contributed by atoms with Crippen molar-refractivity contribution >= 4 is 103 Å². The van der Waals surface area contributed by atoms with Crippen LogP contribution in [0.4, 0.5) is 13.2 Å². The normalized spacial score (nSPS) is 13.0. The molecule has 0 aliphatic rings. The highest BCUT2D eigenvalue weighted by Gasteiger charge is 2.44. The molecule has 322 valence electrons. The van der Waals surface area contributed by atoms with Gasteiger partial charge in [0.05, 0.1) is 9.40 Å². The van der Waals surface area contributed by atoms with Gasteiger partial charge in [-0.2, -0.15) is 13.2 Å². The molecule has 6 aromatic rings. The quantitative estimate of drug-likeness (QED) is 0.0859. The lowest BCUT2D eigenvalue weighted by Crippen LogP contribution is -2.43. The molecule has 2 aromatic heterocycles. The third-order valence-corrected chi connectivity index (χ3v) is 27.9. The molecule has 0 amide bonds. The van der Waals surface area contributed by atoms with E-state index in [1.165, 1.54) is 24.3 Å². The molecular weight excluding hydrogens is 850 g/mol. The molecule has 2 heterocycles. The monoisotopic (exact) mass is 902 g/mol. The van der Waals surface area contributed by atoms with Gasteiger partial charge in [0.1, 0.15) is 16.1 Å². The lowest BCUT2D eigenvalue weighted by atomic mass is 9.87. The second kappa shape index (κ2) is 16.1. The Labute approximate surface area is 364 Å². The van der Waals surface area contributed by atoms with Gasteiger partial charge in [0.15, 0.2) is 21.0 Å². The van der Waals surface area contributed by atoms with Gasteiger partial charge in [0.2, 0.25) is 0 Å². The van der Waals surface area contributed by atoms with Crippen molar-refractivity contribution in [2.24, 2.45) is 0 Å². The SMILES string of the molecule is CC(=O)Oc1cc2c(=O)c3c(c(C#C[Si](C(C)C)(C(C)C)C(C)C)c(C)c4c3c(C)c(C#C[Si](C(C)C)(C(C)C)C(C)C)c3c5sc(OC(=O)C(F)(F)F)cc5c(=O)c34)c2s1. The summed E-state index contributed by atoms with van der Waals surface area (Å²) in [5, 5.41) is 3.34. The summed E-state index contributed by atoms with van der Waals surface area (Å²) >= 11 is 2.01. The first-order valence-corrected chi connectivity index (χ1v) is 26.9. The highest BCUT2D eigenvalue weighted by Crippen LogP contribution is 2.49. The molecule has 0 N–H and O–H groups in total. The van der Waals surface area contributed by atoms with Crippen molar-refractivity contribution in [3.63, 3.8) is 0 Å². The van der Waals surface area contributed by atoms with E-state index < -0.39 is 39.7 Å². The summed E-state index contributed by atoms with van der Waals surface area (Å²) in [4.78, 5) is 54.1. The smallest absolute Gasteiger partial charge is 0.416 e. The molecule has 0 fully saturated rings. The molecule has 0 bridgehead atoms. The summed E-state index contributed by atoms with van der Waals surface area (Å²) in [6.45, 7) is 31.6. The topological polar surface area (TPSA) is 86.7 Å². The minimum absolute atomic E-state index is 0.106. The second-order valence-corrected chi connectivity index (χ2v) is 31.5. The van der Waals surface area contributed by atoms with Crippen LogP contribution >= 0.6 is 22.7 Å². The maximum absolute atomic E-state index is 15.0. The Morgan fingerprint density at radius 1 is 0.574 bits per heavy atom. The lowest BCUT2D eigenvalue weighted by Gasteiger charge is -2.38. The van der Waals surface area contributed by atoms with Gasteiger partial charge in [-0.25, -0.2) is 4.79 Å². The first-order valence-electron chi connectivity index (χ1n) is 20.8. The number of benzene rings is 2. The number of ether oxygens (including phenoxy) is 2. The summed E-state index contributed by atoms with van der Waals surface area (Å²) in [5.74, 6) is 4.34. The second-order valence-electron chi connectivity index (χ2n) is 18.3. The minimum atomic E-state index is -5.23.